The summed E-state index contributed by atoms with van der Waals surface area (Å²) in [6.07, 6.45) is 1.92. The Bertz CT molecular complexity index is 954. The number of ether oxygens (including phenoxy) is 1. The molecule has 2 aromatic carbocycles. The molecule has 7 heteroatoms. The van der Waals surface area contributed by atoms with Gasteiger partial charge in [-0.15, -0.1) is 0 Å². The van der Waals surface area contributed by atoms with Gasteiger partial charge in [-0.1, -0.05) is 41.9 Å². The highest BCUT2D eigenvalue weighted by Crippen LogP contribution is 2.29. The van der Waals surface area contributed by atoms with Gasteiger partial charge in [0.25, 0.3) is 5.91 Å². The molecule has 2 aliphatic heterocycles. The van der Waals surface area contributed by atoms with Gasteiger partial charge in [-0.25, -0.2) is 9.89 Å². The van der Waals surface area contributed by atoms with E-state index in [1.54, 1.807) is 17.0 Å². The lowest BCUT2D eigenvalue weighted by atomic mass is 9.97. The van der Waals surface area contributed by atoms with E-state index >= 15 is 0 Å². The van der Waals surface area contributed by atoms with Crippen LogP contribution in [0.4, 0.5) is 5.69 Å². The molecule has 162 valence electrons. The zero-order valence-corrected chi connectivity index (χ0v) is 18.3. The molecule has 0 aliphatic carbocycles. The Hall–Kier alpha value is -2.86. The molecule has 1 amide bonds. The second kappa shape index (κ2) is 9.52. The first-order valence-corrected chi connectivity index (χ1v) is 11.1. The van der Waals surface area contributed by atoms with Crippen LogP contribution < -0.4 is 4.90 Å². The Morgan fingerprint density at radius 2 is 1.77 bits per heavy atom. The van der Waals surface area contributed by atoms with E-state index in [2.05, 4.69) is 4.90 Å². The average Bonchev–Trinajstić information content (AvgIpc) is 3.11. The minimum Gasteiger partial charge on any atom is -0.466 e. The van der Waals surface area contributed by atoms with Crippen molar-refractivity contribution in [1.82, 2.24) is 4.90 Å². The van der Waals surface area contributed by atoms with Gasteiger partial charge >= 0.3 is 5.97 Å². The number of amides is 1. The molecule has 2 heterocycles. The van der Waals surface area contributed by atoms with E-state index in [9.17, 15) is 9.59 Å². The molecule has 6 nitrogen and oxygen atoms in total. The quantitative estimate of drug-likeness (QED) is 0.662. The molecule has 1 unspecified atom stereocenters. The number of rotatable bonds is 5. The van der Waals surface area contributed by atoms with Crippen LogP contribution in [0.3, 0.4) is 0 Å². The SMILES string of the molecule is CCOC(=O)C1CCN(C2=NC(Cc3ccccc3)C(=O)N2c2ccc(Cl)cc2)CC1. The number of aliphatic imine (C=N–C) groups is 1. The topological polar surface area (TPSA) is 62.2 Å². The molecule has 4 rings (SSSR count). The fourth-order valence-electron chi connectivity index (χ4n) is 4.10. The Balaban J connectivity index is 1.57. The van der Waals surface area contributed by atoms with Gasteiger partial charge in [0.05, 0.1) is 18.2 Å². The number of piperidine rings is 1. The number of halogens is 1. The normalized spacial score (nSPS) is 19.5. The van der Waals surface area contributed by atoms with Gasteiger partial charge in [0.2, 0.25) is 5.96 Å². The van der Waals surface area contributed by atoms with Crippen LogP contribution in [0.25, 0.3) is 0 Å². The number of carbonyl (C=O) groups is 2. The summed E-state index contributed by atoms with van der Waals surface area (Å²) in [5, 5.41) is 0.616. The highest BCUT2D eigenvalue weighted by atomic mass is 35.5. The number of benzene rings is 2. The van der Waals surface area contributed by atoms with Crippen LogP contribution in [0.5, 0.6) is 0 Å². The van der Waals surface area contributed by atoms with E-state index in [-0.39, 0.29) is 17.8 Å². The van der Waals surface area contributed by atoms with Crippen molar-refractivity contribution < 1.29 is 14.3 Å². The van der Waals surface area contributed by atoms with Crippen LogP contribution >= 0.6 is 11.6 Å². The summed E-state index contributed by atoms with van der Waals surface area (Å²) in [6, 6.07) is 16.7. The van der Waals surface area contributed by atoms with Gasteiger partial charge in [0, 0.05) is 24.5 Å². The fraction of sp³-hybridized carbons (Fsp3) is 0.375. The molecule has 1 atom stereocenters. The van der Waals surface area contributed by atoms with Gasteiger partial charge in [-0.3, -0.25) is 9.59 Å². The van der Waals surface area contributed by atoms with Crippen molar-refractivity contribution in [2.24, 2.45) is 10.9 Å². The average molecular weight is 440 g/mol. The van der Waals surface area contributed by atoms with Crippen molar-refractivity contribution in [2.75, 3.05) is 24.6 Å². The molecular weight excluding hydrogens is 414 g/mol. The van der Waals surface area contributed by atoms with Crippen LogP contribution in [0.15, 0.2) is 59.6 Å². The summed E-state index contributed by atoms with van der Waals surface area (Å²) in [5.74, 6) is 0.366. The van der Waals surface area contributed by atoms with E-state index in [0.29, 0.717) is 49.9 Å². The maximum atomic E-state index is 13.4. The van der Waals surface area contributed by atoms with Crippen LogP contribution in [0.2, 0.25) is 5.02 Å². The van der Waals surface area contributed by atoms with E-state index in [0.717, 1.165) is 11.3 Å². The summed E-state index contributed by atoms with van der Waals surface area (Å²) in [6.45, 7) is 3.52. The van der Waals surface area contributed by atoms with E-state index in [1.165, 1.54) is 0 Å². The van der Waals surface area contributed by atoms with Crippen LogP contribution in [0.1, 0.15) is 25.3 Å². The third kappa shape index (κ3) is 4.74. The second-order valence-corrected chi connectivity index (χ2v) is 8.23. The predicted molar refractivity (Wildman–Crippen MR) is 121 cm³/mol. The Morgan fingerprint density at radius 1 is 1.10 bits per heavy atom. The lowest BCUT2D eigenvalue weighted by Gasteiger charge is -2.35. The summed E-state index contributed by atoms with van der Waals surface area (Å²) in [5.41, 5.74) is 1.82. The molecule has 0 radical (unpaired) electrons. The summed E-state index contributed by atoms with van der Waals surface area (Å²) in [4.78, 5) is 34.1. The van der Waals surface area contributed by atoms with Gasteiger partial charge in [-0.2, -0.15) is 0 Å². The van der Waals surface area contributed by atoms with E-state index in [4.69, 9.17) is 21.3 Å². The highest BCUT2D eigenvalue weighted by molar-refractivity contribution is 6.30. The van der Waals surface area contributed by atoms with E-state index in [1.807, 2.05) is 49.4 Å². The standard InChI is InChI=1S/C24H26ClN3O3/c1-2-31-23(30)18-12-14-27(15-13-18)24-26-21(16-17-6-4-3-5-7-17)22(29)28(24)20-10-8-19(25)9-11-20/h3-11,18,21H,2,12-16H2,1H3. The third-order valence-electron chi connectivity index (χ3n) is 5.73. The lowest BCUT2D eigenvalue weighted by Crippen LogP contribution is -2.48. The van der Waals surface area contributed by atoms with Crippen molar-refractivity contribution in [3.8, 4) is 0 Å². The van der Waals surface area contributed by atoms with E-state index < -0.39 is 6.04 Å². The summed E-state index contributed by atoms with van der Waals surface area (Å²) < 4.78 is 5.18. The van der Waals surface area contributed by atoms with Gasteiger partial charge in [0.1, 0.15) is 6.04 Å². The predicted octanol–water partition coefficient (Wildman–Crippen LogP) is 3.93. The lowest BCUT2D eigenvalue weighted by molar-refractivity contribution is -0.149. The van der Waals surface area contributed by atoms with Crippen molar-refractivity contribution in [3.05, 3.63) is 65.2 Å². The van der Waals surface area contributed by atoms with Gasteiger partial charge < -0.3 is 9.64 Å². The van der Waals surface area contributed by atoms with Crippen LogP contribution in [0, 0.1) is 5.92 Å². The zero-order valence-electron chi connectivity index (χ0n) is 17.5. The molecule has 1 fully saturated rings. The molecule has 0 spiro atoms. The Morgan fingerprint density at radius 3 is 2.42 bits per heavy atom. The number of esters is 1. The summed E-state index contributed by atoms with van der Waals surface area (Å²) in [7, 11) is 0. The highest BCUT2D eigenvalue weighted by Gasteiger charge is 2.40. The minimum atomic E-state index is -0.476. The molecule has 0 N–H and O–H groups in total. The number of hydrogen-bond acceptors (Lipinski definition) is 5. The zero-order chi connectivity index (χ0) is 21.8. The number of likely N-dealkylation sites (tertiary alicyclic amines) is 1. The molecule has 0 aromatic heterocycles. The Kier molecular flexibility index (Phi) is 6.56. The molecule has 2 aliphatic rings. The minimum absolute atomic E-state index is 0.0475. The molecule has 31 heavy (non-hydrogen) atoms. The second-order valence-electron chi connectivity index (χ2n) is 7.80. The van der Waals surface area contributed by atoms with Gasteiger partial charge in [-0.05, 0) is 49.6 Å². The molecule has 0 bridgehead atoms. The number of hydrogen-bond donors (Lipinski definition) is 0. The number of carbonyl (C=O) groups excluding carboxylic acids is 2. The Labute approximate surface area is 187 Å². The van der Waals surface area contributed by atoms with Crippen LogP contribution in [-0.2, 0) is 20.7 Å². The monoisotopic (exact) mass is 439 g/mol. The third-order valence-corrected chi connectivity index (χ3v) is 5.98. The first-order valence-electron chi connectivity index (χ1n) is 10.7. The van der Waals surface area contributed by atoms with Gasteiger partial charge in [0.15, 0.2) is 0 Å². The molecule has 2 aromatic rings. The van der Waals surface area contributed by atoms with Crippen LogP contribution in [-0.4, -0.2) is 48.5 Å². The molecular formula is C24H26ClN3O3. The first-order chi connectivity index (χ1) is 15.1. The maximum absolute atomic E-state index is 13.4. The number of guanidine groups is 1. The smallest absolute Gasteiger partial charge is 0.309 e. The van der Waals surface area contributed by atoms with Crippen molar-refractivity contribution in [2.45, 2.75) is 32.2 Å². The molecule has 1 saturated heterocycles. The fourth-order valence-corrected chi connectivity index (χ4v) is 4.23. The molecule has 0 saturated carbocycles. The number of anilines is 1. The van der Waals surface area contributed by atoms with Crippen molar-refractivity contribution in [3.63, 3.8) is 0 Å². The largest absolute Gasteiger partial charge is 0.466 e. The first kappa shape index (κ1) is 21.4. The maximum Gasteiger partial charge on any atom is 0.309 e. The van der Waals surface area contributed by atoms with Crippen molar-refractivity contribution >= 4 is 35.1 Å². The summed E-state index contributed by atoms with van der Waals surface area (Å²) >= 11 is 6.06. The number of nitrogens with zero attached hydrogens (tertiary/aromatic N) is 3. The van der Waals surface area contributed by atoms with Crippen molar-refractivity contribution in [1.29, 1.82) is 0 Å².